The van der Waals surface area contributed by atoms with Gasteiger partial charge in [0.15, 0.2) is 0 Å². The van der Waals surface area contributed by atoms with E-state index in [2.05, 4.69) is 3.07 Å². The molecule has 19 heavy (non-hydrogen) atoms. The first kappa shape index (κ1) is 19.9. The molecule has 0 saturated heterocycles. The summed E-state index contributed by atoms with van der Waals surface area (Å²) in [4.78, 5) is 8.54. The van der Waals surface area contributed by atoms with Crippen LogP contribution in [0.15, 0.2) is 30.3 Å². The van der Waals surface area contributed by atoms with Crippen molar-refractivity contribution >= 4 is 75.5 Å². The van der Waals surface area contributed by atoms with Crippen molar-refractivity contribution in [3.05, 3.63) is 33.9 Å². The number of hydrogen-bond donors (Lipinski definition) is 0. The zero-order valence-corrected chi connectivity index (χ0v) is 15.2. The Morgan fingerprint density at radius 2 is 1.58 bits per heavy atom. The molecule has 1 aromatic rings. The van der Waals surface area contributed by atoms with Crippen molar-refractivity contribution in [2.75, 3.05) is 0 Å². The van der Waals surface area contributed by atoms with E-state index >= 15 is 0 Å². The van der Waals surface area contributed by atoms with E-state index in [4.69, 9.17) is 43.9 Å². The van der Waals surface area contributed by atoms with Gasteiger partial charge >= 0.3 is 106 Å². The second-order valence-corrected chi connectivity index (χ2v) is 13.7. The summed E-state index contributed by atoms with van der Waals surface area (Å²) in [5, 5.41) is 0. The van der Waals surface area contributed by atoms with Crippen LogP contribution in [0.3, 0.4) is 0 Å². The Bertz CT molecular complexity index is 391. The molecule has 0 aliphatic carbocycles. The van der Waals surface area contributed by atoms with E-state index in [9.17, 15) is 13.2 Å². The number of carbonyl (C=O) groups excluding carboxylic acids is 1. The van der Waals surface area contributed by atoms with Gasteiger partial charge in [-0.15, -0.1) is 0 Å². The van der Waals surface area contributed by atoms with E-state index in [-0.39, 0.29) is 0 Å². The first-order chi connectivity index (χ1) is 8.64. The maximum absolute atomic E-state index is 11.9. The molecule has 0 bridgehead atoms. The third-order valence-corrected chi connectivity index (χ3v) is 5.29. The van der Waals surface area contributed by atoms with Gasteiger partial charge in [-0.05, 0) is 0 Å². The van der Waals surface area contributed by atoms with Crippen LogP contribution in [0.25, 0.3) is 0 Å². The van der Waals surface area contributed by atoms with Gasteiger partial charge in [-0.25, -0.2) is 0 Å². The van der Waals surface area contributed by atoms with Crippen molar-refractivity contribution in [2.24, 2.45) is 0 Å². The summed E-state index contributed by atoms with van der Waals surface area (Å²) < 4.78 is 40.4. The minimum absolute atomic E-state index is 0.485. The van der Waals surface area contributed by atoms with Crippen LogP contribution < -0.4 is 0 Å². The zero-order chi connectivity index (χ0) is 15.1. The Morgan fingerprint density at radius 1 is 1.16 bits per heavy atom. The molecular formula is C8H6AlCl4F3IO2. The molecule has 11 heteroatoms. The summed E-state index contributed by atoms with van der Waals surface area (Å²) in [6, 6.07) is 8.09. The first-order valence-electron chi connectivity index (χ1n) is 4.30. The van der Waals surface area contributed by atoms with E-state index in [1.54, 1.807) is 30.3 Å². The van der Waals surface area contributed by atoms with E-state index in [0.29, 0.717) is 3.57 Å². The van der Waals surface area contributed by atoms with E-state index in [1.165, 1.54) is 0 Å². The van der Waals surface area contributed by atoms with Crippen molar-refractivity contribution in [1.82, 2.24) is 0 Å². The number of benzene rings is 1. The molecule has 0 saturated carbocycles. The molecule has 1 aromatic carbocycles. The molecule has 109 valence electrons. The number of rotatable bonds is 2. The van der Waals surface area contributed by atoms with Crippen LogP contribution in [0.4, 0.5) is 13.2 Å². The first-order valence-corrected chi connectivity index (χ1v) is 14.2. The second kappa shape index (κ2) is 9.77. The molecular weight excluding hydrogens is 481 g/mol. The fourth-order valence-corrected chi connectivity index (χ4v) is 3.53. The van der Waals surface area contributed by atoms with Crippen LogP contribution in [0, 0.1) is 3.57 Å². The number of hydrogen-bond acceptors (Lipinski definition) is 1. The van der Waals surface area contributed by atoms with Crippen LogP contribution in [0.2, 0.25) is 0 Å². The Hall–Kier alpha value is 0.902. The van der Waals surface area contributed by atoms with Crippen molar-refractivity contribution in [2.45, 2.75) is 6.18 Å². The maximum atomic E-state index is 11.9. The predicted octanol–water partition coefficient (Wildman–Crippen LogP) is 5.20. The summed E-state index contributed by atoms with van der Waals surface area (Å²) in [5.41, 5.74) is 0. The molecule has 2 nitrogen and oxygen atoms in total. The molecule has 0 aliphatic heterocycles. The monoisotopic (exact) mass is 485 g/mol. The van der Waals surface area contributed by atoms with E-state index in [0.717, 1.165) is 0 Å². The van der Waals surface area contributed by atoms with Gasteiger partial charge in [0.05, 0.1) is 0 Å². The third kappa shape index (κ3) is 10.3. The fraction of sp³-hybridized carbons (Fsp3) is 0.125. The standard InChI is InChI=1S/C8H5ClF3IO2.Al.3ClH/c9-13(6-4-2-1-3-5-6)15-7(14)8(10,11)12;;;;/h1-5H;;3*1H/q;+2;;;/p-2. The summed E-state index contributed by atoms with van der Waals surface area (Å²) in [6.45, 7) is 0. The number of halogens is 8. The van der Waals surface area contributed by atoms with E-state index < -0.39 is 42.6 Å². The van der Waals surface area contributed by atoms with Crippen molar-refractivity contribution in [3.63, 3.8) is 0 Å². The zero-order valence-electron chi connectivity index (χ0n) is 8.84. The fourth-order valence-electron chi connectivity index (χ4n) is 0.666. The van der Waals surface area contributed by atoms with E-state index in [1.807, 2.05) is 0 Å². The van der Waals surface area contributed by atoms with Crippen LogP contribution in [-0.4, -0.2) is 28.3 Å². The summed E-state index contributed by atoms with van der Waals surface area (Å²) in [5.74, 6) is -1.98. The van der Waals surface area contributed by atoms with Crippen LogP contribution >= 0.6 is 58.2 Å². The second-order valence-electron chi connectivity index (χ2n) is 2.63. The number of alkyl halides is 3. The molecule has 0 unspecified atom stereocenters. The molecule has 0 fully saturated rings. The Morgan fingerprint density at radius 3 is 1.95 bits per heavy atom. The van der Waals surface area contributed by atoms with Crippen LogP contribution in [0.5, 0.6) is 0 Å². The van der Waals surface area contributed by atoms with Gasteiger partial charge in [0.1, 0.15) is 0 Å². The van der Waals surface area contributed by atoms with Gasteiger partial charge in [0.25, 0.3) is 0 Å². The Labute approximate surface area is 135 Å². The van der Waals surface area contributed by atoms with Crippen molar-refractivity contribution < 1.29 is 21.0 Å². The topological polar surface area (TPSA) is 30.6 Å². The van der Waals surface area contributed by atoms with Crippen LogP contribution in [0.1, 0.15) is 0 Å². The van der Waals surface area contributed by atoms with Gasteiger partial charge in [-0.2, -0.15) is 0 Å². The van der Waals surface area contributed by atoms with Gasteiger partial charge in [0, 0.05) is 0 Å². The average molecular weight is 487 g/mol. The molecule has 1 N–H and O–H groups in total. The quantitative estimate of drug-likeness (QED) is 0.321. The van der Waals surface area contributed by atoms with Crippen molar-refractivity contribution in [1.29, 1.82) is 0 Å². The average Bonchev–Trinajstić information content (AvgIpc) is 2.28. The molecule has 0 spiro atoms. The molecule has 0 aliphatic rings. The van der Waals surface area contributed by atoms with Gasteiger partial charge in [-0.3, -0.25) is 0 Å². The van der Waals surface area contributed by atoms with Gasteiger partial charge in [0.2, 0.25) is 0 Å². The predicted molar refractivity (Wildman–Crippen MR) is 82.4 cm³/mol. The molecule has 0 aromatic heterocycles. The van der Waals surface area contributed by atoms with Crippen LogP contribution in [-0.2, 0) is 3.07 Å². The summed E-state index contributed by atoms with van der Waals surface area (Å²) in [6.07, 6.45) is -4.88. The minimum atomic E-state index is -4.88. The molecule has 1 radical (unpaired) electrons. The molecule has 0 atom stereocenters. The Balaban J connectivity index is 0.000000711. The molecule has 0 heterocycles. The Kier molecular flexibility index (Phi) is 10.2. The molecule has 0 amide bonds. The normalized spacial score (nSPS) is 11.5. The summed E-state index contributed by atoms with van der Waals surface area (Å²) in [7, 11) is 20.5. The third-order valence-electron chi connectivity index (χ3n) is 1.29. The van der Waals surface area contributed by atoms with Crippen molar-refractivity contribution in [3.8, 4) is 0 Å². The van der Waals surface area contributed by atoms with Gasteiger partial charge in [-0.1, -0.05) is 0 Å². The SMILES string of the molecule is [Cl][Al-]([Cl])[Cl].[OH+]=C(OI(Cl)c1ccccc1)C(F)(F)F. The van der Waals surface area contributed by atoms with Gasteiger partial charge < -0.3 is 30.1 Å². The summed E-state index contributed by atoms with van der Waals surface area (Å²) >= 11 is -4.65. The molecule has 1 rings (SSSR count).